The molecule has 102 valence electrons. The van der Waals surface area contributed by atoms with E-state index >= 15 is 0 Å². The molecular formula is C12H14N2O4S. The van der Waals surface area contributed by atoms with Crippen molar-refractivity contribution in [3.8, 4) is 0 Å². The van der Waals surface area contributed by atoms with E-state index in [-0.39, 0.29) is 16.9 Å². The second-order valence-corrected chi connectivity index (χ2v) is 6.63. The molecule has 1 aromatic heterocycles. The summed E-state index contributed by atoms with van der Waals surface area (Å²) in [4.78, 5) is 4.01. The van der Waals surface area contributed by atoms with Gasteiger partial charge in [-0.3, -0.25) is 0 Å². The van der Waals surface area contributed by atoms with E-state index in [1.54, 1.807) is 18.2 Å². The molecule has 2 N–H and O–H groups in total. The number of rotatable bonds is 3. The normalized spacial score (nSPS) is 20.1. The van der Waals surface area contributed by atoms with Crippen molar-refractivity contribution in [2.24, 2.45) is 5.92 Å². The van der Waals surface area contributed by atoms with E-state index in [9.17, 15) is 8.42 Å². The first-order valence-corrected chi connectivity index (χ1v) is 7.66. The molecule has 3 rings (SSSR count). The van der Waals surface area contributed by atoms with E-state index in [0.29, 0.717) is 30.0 Å². The maximum Gasteiger partial charge on any atom is 0.316 e. The van der Waals surface area contributed by atoms with Crippen molar-refractivity contribution in [2.75, 3.05) is 24.7 Å². The van der Waals surface area contributed by atoms with Crippen LogP contribution in [0, 0.1) is 5.92 Å². The third-order valence-corrected chi connectivity index (χ3v) is 4.75. The molecule has 1 saturated heterocycles. The fraction of sp³-hybridized carbons (Fsp3) is 0.417. The van der Waals surface area contributed by atoms with Crippen molar-refractivity contribution < 1.29 is 17.6 Å². The highest BCUT2D eigenvalue weighted by Crippen LogP contribution is 2.24. The second kappa shape index (κ2) is 4.50. The van der Waals surface area contributed by atoms with Gasteiger partial charge in [-0.2, -0.15) is 4.98 Å². The third kappa shape index (κ3) is 2.43. The lowest BCUT2D eigenvalue weighted by Gasteiger charge is -2.04. The summed E-state index contributed by atoms with van der Waals surface area (Å²) in [5, 5.41) is -0.236. The first-order chi connectivity index (χ1) is 9.04. The highest BCUT2D eigenvalue weighted by molar-refractivity contribution is 7.91. The number of nitrogens with two attached hydrogens (primary N) is 1. The quantitative estimate of drug-likeness (QED) is 0.850. The Morgan fingerprint density at radius 1 is 1.42 bits per heavy atom. The van der Waals surface area contributed by atoms with Crippen LogP contribution in [0.15, 0.2) is 27.8 Å². The van der Waals surface area contributed by atoms with Gasteiger partial charge in [-0.1, -0.05) is 0 Å². The number of ether oxygens (including phenoxy) is 1. The minimum absolute atomic E-state index is 0.00923. The van der Waals surface area contributed by atoms with Crippen molar-refractivity contribution in [1.82, 2.24) is 4.98 Å². The standard InChI is InChI=1S/C12H14N2O4S/c13-9-1-2-11-10(5-9)14-12(18-11)19(15,16)7-8-3-4-17-6-8/h1-2,5,8H,3-4,6-7,13H2. The number of hydrogen-bond acceptors (Lipinski definition) is 6. The van der Waals surface area contributed by atoms with Gasteiger partial charge in [-0.05, 0) is 30.5 Å². The molecule has 7 heteroatoms. The van der Waals surface area contributed by atoms with Gasteiger partial charge in [0.1, 0.15) is 5.52 Å². The molecular weight excluding hydrogens is 268 g/mol. The number of benzene rings is 1. The van der Waals surface area contributed by atoms with Crippen molar-refractivity contribution in [3.63, 3.8) is 0 Å². The SMILES string of the molecule is Nc1ccc2oc(S(=O)(=O)CC3CCOC3)nc2c1. The van der Waals surface area contributed by atoms with Crippen LogP contribution in [-0.4, -0.2) is 32.4 Å². The fourth-order valence-electron chi connectivity index (χ4n) is 2.15. The predicted molar refractivity (Wildman–Crippen MR) is 69.4 cm³/mol. The highest BCUT2D eigenvalue weighted by Gasteiger charge is 2.28. The van der Waals surface area contributed by atoms with E-state index in [1.165, 1.54) is 0 Å². The summed E-state index contributed by atoms with van der Waals surface area (Å²) in [7, 11) is -3.52. The van der Waals surface area contributed by atoms with Gasteiger partial charge in [0, 0.05) is 12.3 Å². The number of oxazole rings is 1. The smallest absolute Gasteiger partial charge is 0.316 e. The summed E-state index contributed by atoms with van der Waals surface area (Å²) >= 11 is 0. The average molecular weight is 282 g/mol. The average Bonchev–Trinajstić information content (AvgIpc) is 2.96. The van der Waals surface area contributed by atoms with Gasteiger partial charge >= 0.3 is 5.22 Å². The molecule has 0 saturated carbocycles. The summed E-state index contributed by atoms with van der Waals surface area (Å²) in [6.45, 7) is 1.09. The number of fused-ring (bicyclic) bond motifs is 1. The Labute approximate surface area is 110 Å². The van der Waals surface area contributed by atoms with Crippen molar-refractivity contribution in [1.29, 1.82) is 0 Å². The van der Waals surface area contributed by atoms with Gasteiger partial charge in [0.15, 0.2) is 5.58 Å². The summed E-state index contributed by atoms with van der Waals surface area (Å²) < 4.78 is 34.9. The fourth-order valence-corrected chi connectivity index (χ4v) is 3.63. The number of anilines is 1. The largest absolute Gasteiger partial charge is 0.428 e. The van der Waals surface area contributed by atoms with Gasteiger partial charge in [0.25, 0.3) is 0 Å². The van der Waals surface area contributed by atoms with Crippen LogP contribution in [-0.2, 0) is 14.6 Å². The van der Waals surface area contributed by atoms with Crippen LogP contribution in [0.25, 0.3) is 11.1 Å². The van der Waals surface area contributed by atoms with Gasteiger partial charge in [0.05, 0.1) is 12.4 Å². The Morgan fingerprint density at radius 2 is 2.26 bits per heavy atom. The molecule has 1 fully saturated rings. The zero-order valence-electron chi connectivity index (χ0n) is 10.2. The molecule has 0 aliphatic carbocycles. The van der Waals surface area contributed by atoms with Crippen molar-refractivity contribution >= 4 is 26.6 Å². The summed E-state index contributed by atoms with van der Waals surface area (Å²) in [6.07, 6.45) is 0.756. The Morgan fingerprint density at radius 3 is 3.00 bits per heavy atom. The maximum atomic E-state index is 12.2. The van der Waals surface area contributed by atoms with Crippen molar-refractivity contribution in [3.05, 3.63) is 18.2 Å². The number of aromatic nitrogens is 1. The van der Waals surface area contributed by atoms with Gasteiger partial charge in [-0.25, -0.2) is 8.42 Å². The minimum atomic E-state index is -3.52. The van der Waals surface area contributed by atoms with E-state index in [0.717, 1.165) is 6.42 Å². The molecule has 0 amide bonds. The highest BCUT2D eigenvalue weighted by atomic mass is 32.2. The van der Waals surface area contributed by atoms with Crippen molar-refractivity contribution in [2.45, 2.75) is 11.6 Å². The van der Waals surface area contributed by atoms with E-state index in [4.69, 9.17) is 14.9 Å². The topological polar surface area (TPSA) is 95.4 Å². The lowest BCUT2D eigenvalue weighted by Crippen LogP contribution is -2.16. The third-order valence-electron chi connectivity index (χ3n) is 3.14. The lowest BCUT2D eigenvalue weighted by atomic mass is 10.2. The number of nitrogens with zero attached hydrogens (tertiary/aromatic N) is 1. The number of sulfone groups is 1. The van der Waals surface area contributed by atoms with E-state index < -0.39 is 9.84 Å². The minimum Gasteiger partial charge on any atom is -0.428 e. The Balaban J connectivity index is 1.93. The molecule has 1 aromatic carbocycles. The Bertz CT molecular complexity index is 702. The van der Waals surface area contributed by atoms with Gasteiger partial charge in [0.2, 0.25) is 9.84 Å². The zero-order chi connectivity index (χ0) is 13.5. The summed E-state index contributed by atoms with van der Waals surface area (Å²) in [5.74, 6) is 0.0278. The predicted octanol–water partition coefficient (Wildman–Crippen LogP) is 1.22. The van der Waals surface area contributed by atoms with Crippen LogP contribution in [0.5, 0.6) is 0 Å². The first kappa shape index (κ1) is 12.4. The molecule has 1 unspecified atom stereocenters. The molecule has 0 spiro atoms. The molecule has 0 bridgehead atoms. The Hall–Kier alpha value is -1.60. The van der Waals surface area contributed by atoms with Crippen LogP contribution in [0.3, 0.4) is 0 Å². The Kier molecular flexibility index (Phi) is 2.94. The number of hydrogen-bond donors (Lipinski definition) is 1. The molecule has 1 atom stereocenters. The maximum absolute atomic E-state index is 12.2. The molecule has 19 heavy (non-hydrogen) atoms. The molecule has 0 radical (unpaired) electrons. The zero-order valence-corrected chi connectivity index (χ0v) is 11.0. The van der Waals surface area contributed by atoms with Gasteiger partial charge < -0.3 is 14.9 Å². The van der Waals surface area contributed by atoms with Crippen LogP contribution in [0.4, 0.5) is 5.69 Å². The molecule has 2 aromatic rings. The first-order valence-electron chi connectivity index (χ1n) is 6.01. The molecule has 2 heterocycles. The van der Waals surface area contributed by atoms with Crippen LogP contribution in [0.2, 0.25) is 0 Å². The van der Waals surface area contributed by atoms with Gasteiger partial charge in [-0.15, -0.1) is 0 Å². The number of nitrogen functional groups attached to an aromatic ring is 1. The van der Waals surface area contributed by atoms with E-state index in [1.807, 2.05) is 0 Å². The molecule has 1 aliphatic rings. The second-order valence-electron chi connectivity index (χ2n) is 4.72. The summed E-state index contributed by atoms with van der Waals surface area (Å²) in [6, 6.07) is 4.86. The summed E-state index contributed by atoms with van der Waals surface area (Å²) in [5.41, 5.74) is 7.03. The van der Waals surface area contributed by atoms with Crippen LogP contribution < -0.4 is 5.73 Å². The monoisotopic (exact) mass is 282 g/mol. The molecule has 1 aliphatic heterocycles. The lowest BCUT2D eigenvalue weighted by molar-refractivity contribution is 0.188. The molecule has 6 nitrogen and oxygen atoms in total. The van der Waals surface area contributed by atoms with Crippen LogP contribution >= 0.6 is 0 Å². The van der Waals surface area contributed by atoms with E-state index in [2.05, 4.69) is 4.98 Å². The van der Waals surface area contributed by atoms with Crippen LogP contribution in [0.1, 0.15) is 6.42 Å².